The van der Waals surface area contributed by atoms with Crippen molar-refractivity contribution in [3.8, 4) is 5.75 Å². The summed E-state index contributed by atoms with van der Waals surface area (Å²) in [6.07, 6.45) is 0.588. The van der Waals surface area contributed by atoms with Crippen LogP contribution in [-0.4, -0.2) is 42.7 Å². The van der Waals surface area contributed by atoms with E-state index in [4.69, 9.17) is 4.74 Å². The molecule has 0 aliphatic rings. The largest absolute Gasteiger partial charge is 0.497 e. The van der Waals surface area contributed by atoms with Gasteiger partial charge in [0.15, 0.2) is 0 Å². The molecule has 2 atom stereocenters. The van der Waals surface area contributed by atoms with E-state index >= 15 is 0 Å². The molecule has 0 bridgehead atoms. The fourth-order valence-electron chi connectivity index (χ4n) is 3.87. The van der Waals surface area contributed by atoms with E-state index in [1.165, 1.54) is 0 Å². The fourth-order valence-corrected chi connectivity index (χ4v) is 3.87. The highest BCUT2D eigenvalue weighted by Gasteiger charge is 2.21. The number of methoxy groups -OCH3 is 1. The molecule has 0 saturated heterocycles. The minimum Gasteiger partial charge on any atom is -0.497 e. The molecule has 3 rings (SSSR count). The first kappa shape index (κ1) is 29.8. The summed E-state index contributed by atoms with van der Waals surface area (Å²) in [5.41, 5.74) is 2.80. The van der Waals surface area contributed by atoms with Crippen molar-refractivity contribution in [3.63, 3.8) is 0 Å². The molecule has 0 aliphatic carbocycles. The van der Waals surface area contributed by atoms with Gasteiger partial charge >= 0.3 is 0 Å². The molecule has 0 unspecified atom stereocenters. The van der Waals surface area contributed by atoms with E-state index in [2.05, 4.69) is 16.0 Å². The first-order valence-corrected chi connectivity index (χ1v) is 12.2. The first-order valence-electron chi connectivity index (χ1n) is 12.2. The predicted octanol–water partition coefficient (Wildman–Crippen LogP) is 4.10. The SMILES string of the molecule is COc1cccc(CNC[C@@H](O)[C@H](Cc2ccccc2)NC(=O)CCCC(=O)Nc2ccccc2)c1.Cl. The highest BCUT2D eigenvalue weighted by molar-refractivity contribution is 5.91. The van der Waals surface area contributed by atoms with Gasteiger partial charge in [-0.05, 0) is 48.2 Å². The molecule has 0 fully saturated rings. The van der Waals surface area contributed by atoms with Crippen LogP contribution in [0.15, 0.2) is 84.9 Å². The number of hydrogen-bond donors (Lipinski definition) is 4. The van der Waals surface area contributed by atoms with Crippen LogP contribution in [0.3, 0.4) is 0 Å². The van der Waals surface area contributed by atoms with Crippen LogP contribution in [0, 0.1) is 0 Å². The zero-order valence-electron chi connectivity index (χ0n) is 21.1. The average molecular weight is 526 g/mol. The monoisotopic (exact) mass is 525 g/mol. The Bertz CT molecular complexity index is 1080. The molecular weight excluding hydrogens is 490 g/mol. The van der Waals surface area contributed by atoms with Crippen LogP contribution < -0.4 is 20.7 Å². The van der Waals surface area contributed by atoms with Gasteiger partial charge in [0, 0.05) is 31.6 Å². The molecule has 0 radical (unpaired) electrons. The number of aliphatic hydroxyl groups excluding tert-OH is 1. The number of amides is 2. The van der Waals surface area contributed by atoms with Crippen LogP contribution in [0.4, 0.5) is 5.69 Å². The molecule has 37 heavy (non-hydrogen) atoms. The van der Waals surface area contributed by atoms with Crippen LogP contribution in [0.1, 0.15) is 30.4 Å². The maximum absolute atomic E-state index is 12.7. The summed E-state index contributed by atoms with van der Waals surface area (Å²) < 4.78 is 5.26. The summed E-state index contributed by atoms with van der Waals surface area (Å²) >= 11 is 0. The molecular formula is C29H36ClN3O4. The number of aliphatic hydroxyl groups is 1. The Morgan fingerprint density at radius 1 is 0.865 bits per heavy atom. The third-order valence-corrected chi connectivity index (χ3v) is 5.79. The number of nitrogens with one attached hydrogen (secondary N) is 3. The number of para-hydroxylation sites is 1. The van der Waals surface area contributed by atoms with Crippen LogP contribution in [0.2, 0.25) is 0 Å². The number of halogens is 1. The normalized spacial score (nSPS) is 12.1. The van der Waals surface area contributed by atoms with E-state index in [0.29, 0.717) is 25.9 Å². The van der Waals surface area contributed by atoms with Crippen LogP contribution in [0.25, 0.3) is 0 Å². The lowest BCUT2D eigenvalue weighted by molar-refractivity contribution is -0.122. The van der Waals surface area contributed by atoms with Gasteiger partial charge in [0.05, 0.1) is 19.3 Å². The van der Waals surface area contributed by atoms with E-state index in [1.54, 1.807) is 7.11 Å². The lowest BCUT2D eigenvalue weighted by Gasteiger charge is -2.25. The molecule has 4 N–H and O–H groups in total. The molecule has 0 spiro atoms. The van der Waals surface area contributed by atoms with Crippen molar-refractivity contribution in [1.29, 1.82) is 0 Å². The van der Waals surface area contributed by atoms with Gasteiger partial charge in [0.25, 0.3) is 0 Å². The van der Waals surface area contributed by atoms with Crippen molar-refractivity contribution in [1.82, 2.24) is 10.6 Å². The van der Waals surface area contributed by atoms with Crippen molar-refractivity contribution in [2.24, 2.45) is 0 Å². The number of benzene rings is 3. The minimum absolute atomic E-state index is 0. The number of carbonyl (C=O) groups excluding carboxylic acids is 2. The lowest BCUT2D eigenvalue weighted by atomic mass is 10.0. The van der Waals surface area contributed by atoms with E-state index in [-0.39, 0.29) is 37.1 Å². The number of carbonyl (C=O) groups is 2. The molecule has 198 valence electrons. The lowest BCUT2D eigenvalue weighted by Crippen LogP contribution is -2.48. The van der Waals surface area contributed by atoms with E-state index < -0.39 is 12.1 Å². The van der Waals surface area contributed by atoms with E-state index in [1.807, 2.05) is 84.9 Å². The molecule has 0 saturated carbocycles. The molecule has 3 aromatic rings. The smallest absolute Gasteiger partial charge is 0.224 e. The fraction of sp³-hybridized carbons (Fsp3) is 0.310. The van der Waals surface area contributed by atoms with Crippen molar-refractivity contribution in [2.45, 2.75) is 44.4 Å². The topological polar surface area (TPSA) is 99.7 Å². The zero-order chi connectivity index (χ0) is 25.6. The Labute approximate surface area is 225 Å². The summed E-state index contributed by atoms with van der Waals surface area (Å²) in [5, 5.41) is 20.0. The second-order valence-corrected chi connectivity index (χ2v) is 8.68. The Morgan fingerprint density at radius 2 is 1.51 bits per heavy atom. The van der Waals surface area contributed by atoms with Gasteiger partial charge in [0.2, 0.25) is 11.8 Å². The number of anilines is 1. The van der Waals surface area contributed by atoms with Crippen molar-refractivity contribution >= 4 is 29.9 Å². The number of hydrogen-bond acceptors (Lipinski definition) is 5. The van der Waals surface area contributed by atoms with Gasteiger partial charge in [-0.3, -0.25) is 9.59 Å². The van der Waals surface area contributed by atoms with E-state index in [9.17, 15) is 14.7 Å². The Kier molecular flexibility index (Phi) is 13.2. The van der Waals surface area contributed by atoms with Crippen molar-refractivity contribution < 1.29 is 19.4 Å². The van der Waals surface area contributed by atoms with Crippen molar-refractivity contribution in [3.05, 3.63) is 96.1 Å². The molecule has 2 amide bonds. The van der Waals surface area contributed by atoms with Gasteiger partial charge in [-0.1, -0.05) is 60.7 Å². The molecule has 0 aromatic heterocycles. The summed E-state index contributed by atoms with van der Waals surface area (Å²) in [6.45, 7) is 0.880. The van der Waals surface area contributed by atoms with Gasteiger partial charge in [-0.25, -0.2) is 0 Å². The third-order valence-electron chi connectivity index (χ3n) is 5.79. The highest BCUT2D eigenvalue weighted by atomic mass is 35.5. The van der Waals surface area contributed by atoms with Crippen LogP contribution in [-0.2, 0) is 22.6 Å². The number of rotatable bonds is 14. The summed E-state index contributed by atoms with van der Waals surface area (Å²) in [4.78, 5) is 24.8. The van der Waals surface area contributed by atoms with Gasteiger partial charge < -0.3 is 25.8 Å². The Morgan fingerprint density at radius 3 is 2.22 bits per heavy atom. The summed E-state index contributed by atoms with van der Waals surface area (Å²) in [5.74, 6) is 0.466. The highest BCUT2D eigenvalue weighted by Crippen LogP contribution is 2.13. The predicted molar refractivity (Wildman–Crippen MR) is 149 cm³/mol. The molecule has 7 nitrogen and oxygen atoms in total. The summed E-state index contributed by atoms with van der Waals surface area (Å²) in [6, 6.07) is 26.3. The van der Waals surface area contributed by atoms with Crippen molar-refractivity contribution in [2.75, 3.05) is 19.0 Å². The average Bonchev–Trinajstić information content (AvgIpc) is 2.89. The maximum atomic E-state index is 12.7. The zero-order valence-corrected chi connectivity index (χ0v) is 21.9. The maximum Gasteiger partial charge on any atom is 0.224 e. The Hall–Kier alpha value is -3.39. The van der Waals surface area contributed by atoms with Gasteiger partial charge in [-0.2, -0.15) is 0 Å². The third kappa shape index (κ3) is 11.0. The molecule has 0 aliphatic heterocycles. The second kappa shape index (κ2) is 16.4. The quantitative estimate of drug-likeness (QED) is 0.254. The second-order valence-electron chi connectivity index (χ2n) is 8.68. The molecule has 0 heterocycles. The van der Waals surface area contributed by atoms with Crippen LogP contribution >= 0.6 is 12.4 Å². The van der Waals surface area contributed by atoms with Crippen LogP contribution in [0.5, 0.6) is 5.75 Å². The molecule has 3 aromatic carbocycles. The summed E-state index contributed by atoms with van der Waals surface area (Å²) in [7, 11) is 1.63. The van der Waals surface area contributed by atoms with Gasteiger partial charge in [0.1, 0.15) is 5.75 Å². The van der Waals surface area contributed by atoms with Gasteiger partial charge in [-0.15, -0.1) is 12.4 Å². The molecule has 8 heteroatoms. The Balaban J connectivity index is 0.00000481. The van der Waals surface area contributed by atoms with E-state index in [0.717, 1.165) is 22.6 Å². The minimum atomic E-state index is -0.791. The number of ether oxygens (including phenoxy) is 1. The first-order chi connectivity index (χ1) is 17.5. The standard InChI is InChI=1S/C29H35N3O4.ClH/c1-36-25-15-8-12-23(18-25)20-30-21-27(33)26(19-22-10-4-2-5-11-22)32-29(35)17-9-16-28(34)31-24-13-6-3-7-14-24;/h2-8,10-15,18,26-27,30,33H,9,16-17,19-21H2,1H3,(H,31,34)(H,32,35);1H/t26-,27+;/m0./s1.